The third kappa shape index (κ3) is 2.53. The molecule has 4 heteroatoms. The Balaban J connectivity index is 1.78. The second-order valence-electron chi connectivity index (χ2n) is 10.6. The summed E-state index contributed by atoms with van der Waals surface area (Å²) in [5.41, 5.74) is -0.174. The summed E-state index contributed by atoms with van der Waals surface area (Å²) in [7, 11) is 0. The Labute approximate surface area is 174 Å². The number of ketones is 2. The minimum atomic E-state index is -1.02. The lowest BCUT2D eigenvalue weighted by Gasteiger charge is -2.59. The van der Waals surface area contributed by atoms with Gasteiger partial charge in [0.1, 0.15) is 0 Å². The van der Waals surface area contributed by atoms with Crippen LogP contribution in [-0.4, -0.2) is 23.1 Å². The molecule has 0 bridgehead atoms. The molecule has 4 aliphatic rings. The van der Waals surface area contributed by atoms with E-state index < -0.39 is 5.60 Å². The fourth-order valence-corrected chi connectivity index (χ4v) is 8.21. The lowest BCUT2D eigenvalue weighted by atomic mass is 9.45. The van der Waals surface area contributed by atoms with Gasteiger partial charge in [0.15, 0.2) is 17.2 Å². The zero-order chi connectivity index (χ0) is 21.4. The zero-order valence-corrected chi connectivity index (χ0v) is 18.6. The molecule has 158 valence electrons. The smallest absolute Gasteiger partial charge is 0.303 e. The number of fused-ring (bicyclic) bond motifs is 5. The Kier molecular flexibility index (Phi) is 4.53. The maximum absolute atomic E-state index is 13.0. The van der Waals surface area contributed by atoms with Crippen molar-refractivity contribution < 1.29 is 19.1 Å². The highest BCUT2D eigenvalue weighted by molar-refractivity contribution is 6.01. The van der Waals surface area contributed by atoms with E-state index in [0.29, 0.717) is 23.7 Å². The summed E-state index contributed by atoms with van der Waals surface area (Å²) in [6, 6.07) is 0. The lowest BCUT2D eigenvalue weighted by Crippen LogP contribution is -2.60. The summed E-state index contributed by atoms with van der Waals surface area (Å²) in [4.78, 5) is 37.1. The molecule has 2 unspecified atom stereocenters. The summed E-state index contributed by atoms with van der Waals surface area (Å²) in [6.07, 6.45) is 9.55. The van der Waals surface area contributed by atoms with Crippen LogP contribution in [0.2, 0.25) is 0 Å². The molecular weight excluding hydrogens is 364 g/mol. The van der Waals surface area contributed by atoms with Crippen molar-refractivity contribution >= 4 is 17.5 Å². The summed E-state index contributed by atoms with van der Waals surface area (Å²) in [5.74, 6) is 1.34. The highest BCUT2D eigenvalue weighted by Crippen LogP contribution is 2.69. The molecule has 4 nitrogen and oxygen atoms in total. The molecule has 0 heterocycles. The van der Waals surface area contributed by atoms with Gasteiger partial charge in [-0.1, -0.05) is 39.3 Å². The van der Waals surface area contributed by atoms with E-state index in [1.165, 1.54) is 12.5 Å². The third-order valence-corrected chi connectivity index (χ3v) is 9.24. The number of hydrogen-bond donors (Lipinski definition) is 0. The van der Waals surface area contributed by atoms with Crippen LogP contribution in [0.25, 0.3) is 0 Å². The molecular formula is C25H34O4. The van der Waals surface area contributed by atoms with Crippen LogP contribution in [0.3, 0.4) is 0 Å². The quantitative estimate of drug-likeness (QED) is 0.634. The Morgan fingerprint density at radius 1 is 1.10 bits per heavy atom. The normalized spacial score (nSPS) is 48.3. The predicted octanol–water partition coefficient (Wildman–Crippen LogP) is 4.68. The van der Waals surface area contributed by atoms with Crippen LogP contribution in [0.5, 0.6) is 0 Å². The average Bonchev–Trinajstić information content (AvgIpc) is 2.85. The summed E-state index contributed by atoms with van der Waals surface area (Å²) in [5, 5.41) is 0. The van der Waals surface area contributed by atoms with E-state index in [4.69, 9.17) is 4.74 Å². The van der Waals surface area contributed by atoms with Gasteiger partial charge in [-0.15, -0.1) is 0 Å². The van der Waals surface area contributed by atoms with Gasteiger partial charge in [-0.3, -0.25) is 14.4 Å². The Hall–Kier alpha value is -1.71. The van der Waals surface area contributed by atoms with E-state index in [-0.39, 0.29) is 34.3 Å². The molecule has 0 aromatic rings. The SMILES string of the molecule is CC(=O)O[C@]1(C(C)=O)C(C)C[C@H]2[C@@H]3CC(C)C4=CC(=O)C=C[C@]4(C)[C@H]3CC[C@@]21C. The van der Waals surface area contributed by atoms with E-state index >= 15 is 0 Å². The number of Topliss-reactive ketones (excluding diaryl/α,β-unsaturated/α-hetero) is 1. The van der Waals surface area contributed by atoms with Gasteiger partial charge < -0.3 is 4.74 Å². The number of carbonyl (C=O) groups is 3. The minimum absolute atomic E-state index is 0.0116. The molecule has 4 aliphatic carbocycles. The molecule has 0 aromatic heterocycles. The first-order valence-corrected chi connectivity index (χ1v) is 11.1. The molecule has 0 radical (unpaired) electrons. The number of ether oxygens (including phenoxy) is 1. The monoisotopic (exact) mass is 398 g/mol. The van der Waals surface area contributed by atoms with Crippen molar-refractivity contribution in [1.29, 1.82) is 0 Å². The van der Waals surface area contributed by atoms with Crippen LogP contribution in [0.1, 0.15) is 67.2 Å². The van der Waals surface area contributed by atoms with Crippen LogP contribution in [0, 0.1) is 40.4 Å². The highest BCUT2D eigenvalue weighted by Gasteiger charge is 2.70. The number of carbonyl (C=O) groups excluding carboxylic acids is 3. The molecule has 0 amide bonds. The van der Waals surface area contributed by atoms with E-state index in [1.54, 1.807) is 13.0 Å². The van der Waals surface area contributed by atoms with Crippen molar-refractivity contribution in [3.63, 3.8) is 0 Å². The summed E-state index contributed by atoms with van der Waals surface area (Å²) in [6.45, 7) is 11.8. The maximum Gasteiger partial charge on any atom is 0.303 e. The topological polar surface area (TPSA) is 60.4 Å². The number of rotatable bonds is 2. The molecule has 3 saturated carbocycles. The van der Waals surface area contributed by atoms with Crippen LogP contribution in [0.4, 0.5) is 0 Å². The number of allylic oxidation sites excluding steroid dienone is 4. The molecule has 0 aliphatic heterocycles. The van der Waals surface area contributed by atoms with Crippen LogP contribution in [0.15, 0.2) is 23.8 Å². The second kappa shape index (κ2) is 6.39. The molecule has 0 N–H and O–H groups in total. The first-order valence-electron chi connectivity index (χ1n) is 11.1. The standard InChI is InChI=1S/C25H34O4/c1-14-11-19-20(23(5)9-7-18(28)13-21(14)23)8-10-24(6)22(19)12-15(2)25(24,16(3)26)29-17(4)27/h7,9,13-15,19-20,22H,8,10-12H2,1-6H3/t14?,15?,19-,20+,22+,23-,24+,25+/m1/s1. The first kappa shape index (κ1) is 20.6. The van der Waals surface area contributed by atoms with Crippen LogP contribution in [-0.2, 0) is 19.1 Å². The fourth-order valence-electron chi connectivity index (χ4n) is 8.21. The Bertz CT molecular complexity index is 838. The Morgan fingerprint density at radius 2 is 1.79 bits per heavy atom. The maximum atomic E-state index is 13.0. The molecule has 3 fully saturated rings. The van der Waals surface area contributed by atoms with Gasteiger partial charge in [-0.05, 0) is 68.4 Å². The Morgan fingerprint density at radius 3 is 2.41 bits per heavy atom. The van der Waals surface area contributed by atoms with Crippen molar-refractivity contribution in [3.05, 3.63) is 23.8 Å². The molecule has 0 spiro atoms. The predicted molar refractivity (Wildman–Crippen MR) is 111 cm³/mol. The van der Waals surface area contributed by atoms with Crippen LogP contribution >= 0.6 is 0 Å². The summed E-state index contributed by atoms with van der Waals surface area (Å²) >= 11 is 0. The van der Waals surface area contributed by atoms with Crippen molar-refractivity contribution in [2.24, 2.45) is 40.4 Å². The van der Waals surface area contributed by atoms with E-state index in [9.17, 15) is 14.4 Å². The van der Waals surface area contributed by atoms with Gasteiger partial charge in [0.05, 0.1) is 0 Å². The number of hydrogen-bond acceptors (Lipinski definition) is 4. The largest absolute Gasteiger partial charge is 0.450 e. The first-order chi connectivity index (χ1) is 13.5. The molecule has 0 saturated heterocycles. The molecule has 0 aromatic carbocycles. The third-order valence-electron chi connectivity index (χ3n) is 9.24. The highest BCUT2D eigenvalue weighted by atomic mass is 16.6. The van der Waals surface area contributed by atoms with Crippen molar-refractivity contribution in [3.8, 4) is 0 Å². The minimum Gasteiger partial charge on any atom is -0.450 e. The summed E-state index contributed by atoms with van der Waals surface area (Å²) < 4.78 is 5.94. The molecule has 8 atom stereocenters. The molecule has 4 rings (SSSR count). The van der Waals surface area contributed by atoms with E-state index in [2.05, 4.69) is 33.8 Å². The van der Waals surface area contributed by atoms with Crippen molar-refractivity contribution in [2.75, 3.05) is 0 Å². The second-order valence-corrected chi connectivity index (χ2v) is 10.6. The van der Waals surface area contributed by atoms with Crippen molar-refractivity contribution in [1.82, 2.24) is 0 Å². The van der Waals surface area contributed by atoms with Gasteiger partial charge in [0.25, 0.3) is 0 Å². The lowest BCUT2D eigenvalue weighted by molar-refractivity contribution is -0.192. The van der Waals surface area contributed by atoms with Gasteiger partial charge in [0, 0.05) is 23.7 Å². The van der Waals surface area contributed by atoms with Gasteiger partial charge >= 0.3 is 5.97 Å². The van der Waals surface area contributed by atoms with E-state index in [1.807, 2.05) is 6.08 Å². The zero-order valence-electron chi connectivity index (χ0n) is 18.6. The number of esters is 1. The fraction of sp³-hybridized carbons (Fsp3) is 0.720. The molecule has 29 heavy (non-hydrogen) atoms. The van der Waals surface area contributed by atoms with Crippen molar-refractivity contribution in [2.45, 2.75) is 72.8 Å². The van der Waals surface area contributed by atoms with Gasteiger partial charge in [-0.2, -0.15) is 0 Å². The van der Waals surface area contributed by atoms with Gasteiger partial charge in [0.2, 0.25) is 0 Å². The average molecular weight is 399 g/mol. The van der Waals surface area contributed by atoms with Crippen LogP contribution < -0.4 is 0 Å². The van der Waals surface area contributed by atoms with E-state index in [0.717, 1.165) is 25.7 Å². The van der Waals surface area contributed by atoms with Gasteiger partial charge in [-0.25, -0.2) is 0 Å².